The molecule has 0 radical (unpaired) electrons. The number of rotatable bonds is 6. The fraction of sp³-hybridized carbons (Fsp3) is 0.143. The third kappa shape index (κ3) is 4.91. The second kappa shape index (κ2) is 7.95. The number of ketones is 1. The number of nitrogens with one attached hydrogen (secondary N) is 1. The van der Waals surface area contributed by atoms with Gasteiger partial charge in [0.1, 0.15) is 0 Å². The standard InChI is InChI=1S/C21H19ClN2O/c1-15(10-21(25)12-17-4-8-19(22)9-5-17)18-6-2-16(3-7-18)11-20-13-23-14-24-20/h2-10,13-14H,11-12H2,1H3,(H,23,24)/b15-10+. The van der Waals surface area contributed by atoms with Gasteiger partial charge in [0.15, 0.2) is 5.78 Å². The number of allylic oxidation sites excluding steroid dienone is 2. The highest BCUT2D eigenvalue weighted by molar-refractivity contribution is 6.30. The first-order valence-electron chi connectivity index (χ1n) is 8.12. The van der Waals surface area contributed by atoms with Crippen LogP contribution >= 0.6 is 11.6 Å². The molecule has 1 heterocycles. The average molecular weight is 351 g/mol. The van der Waals surface area contributed by atoms with Gasteiger partial charge in [0.2, 0.25) is 0 Å². The molecule has 0 fully saturated rings. The maximum Gasteiger partial charge on any atom is 0.160 e. The van der Waals surface area contributed by atoms with Crippen LogP contribution in [0, 0.1) is 0 Å². The number of nitrogens with zero attached hydrogens (tertiary/aromatic N) is 1. The minimum absolute atomic E-state index is 0.0846. The van der Waals surface area contributed by atoms with Gasteiger partial charge < -0.3 is 4.98 Å². The topological polar surface area (TPSA) is 45.8 Å². The lowest BCUT2D eigenvalue weighted by atomic mass is 10.0. The first-order chi connectivity index (χ1) is 12.1. The van der Waals surface area contributed by atoms with Crippen molar-refractivity contribution in [3.8, 4) is 0 Å². The van der Waals surface area contributed by atoms with E-state index in [-0.39, 0.29) is 5.78 Å². The van der Waals surface area contributed by atoms with Crippen molar-refractivity contribution in [2.24, 2.45) is 0 Å². The Morgan fingerprint density at radius 2 is 1.76 bits per heavy atom. The van der Waals surface area contributed by atoms with Crippen LogP contribution < -0.4 is 0 Å². The van der Waals surface area contributed by atoms with Crippen molar-refractivity contribution in [1.29, 1.82) is 0 Å². The van der Waals surface area contributed by atoms with Gasteiger partial charge in [-0.1, -0.05) is 48.0 Å². The molecule has 3 aromatic rings. The predicted octanol–water partition coefficient (Wildman–Crippen LogP) is 4.87. The Balaban J connectivity index is 1.64. The summed E-state index contributed by atoms with van der Waals surface area (Å²) in [7, 11) is 0. The summed E-state index contributed by atoms with van der Waals surface area (Å²) in [4.78, 5) is 19.4. The van der Waals surface area contributed by atoms with Gasteiger partial charge in [-0.25, -0.2) is 4.98 Å². The van der Waals surface area contributed by atoms with Crippen LogP contribution in [0.15, 0.2) is 67.1 Å². The van der Waals surface area contributed by atoms with Gasteiger partial charge in [-0.05, 0) is 47.4 Å². The zero-order valence-electron chi connectivity index (χ0n) is 14.0. The maximum absolute atomic E-state index is 12.2. The Labute approximate surface area is 152 Å². The zero-order valence-corrected chi connectivity index (χ0v) is 14.8. The van der Waals surface area contributed by atoms with Gasteiger partial charge >= 0.3 is 0 Å². The number of halogens is 1. The van der Waals surface area contributed by atoms with Crippen LogP contribution in [0.1, 0.15) is 29.3 Å². The van der Waals surface area contributed by atoms with E-state index >= 15 is 0 Å². The fourth-order valence-electron chi connectivity index (χ4n) is 2.67. The number of carbonyl (C=O) groups excluding carboxylic acids is 1. The second-order valence-electron chi connectivity index (χ2n) is 6.05. The van der Waals surface area contributed by atoms with Crippen molar-refractivity contribution in [2.45, 2.75) is 19.8 Å². The highest BCUT2D eigenvalue weighted by Gasteiger charge is 2.04. The SMILES string of the molecule is C/C(=C\C(=O)Cc1ccc(Cl)cc1)c1ccc(Cc2cnc[nH]2)cc1. The molecule has 2 aromatic carbocycles. The van der Waals surface area contributed by atoms with Gasteiger partial charge in [0.25, 0.3) is 0 Å². The zero-order chi connectivity index (χ0) is 17.6. The number of H-pyrrole nitrogens is 1. The van der Waals surface area contributed by atoms with Crippen molar-refractivity contribution in [2.75, 3.05) is 0 Å². The van der Waals surface area contributed by atoms with E-state index in [1.165, 1.54) is 5.56 Å². The third-order valence-corrected chi connectivity index (χ3v) is 4.28. The number of carbonyl (C=O) groups is 1. The second-order valence-corrected chi connectivity index (χ2v) is 6.48. The number of benzene rings is 2. The van der Waals surface area contributed by atoms with Gasteiger partial charge in [-0.15, -0.1) is 0 Å². The van der Waals surface area contributed by atoms with Crippen molar-refractivity contribution >= 4 is 23.0 Å². The van der Waals surface area contributed by atoms with Crippen LogP contribution in [0.4, 0.5) is 0 Å². The molecule has 3 rings (SSSR count). The molecular formula is C21H19ClN2O. The Morgan fingerprint density at radius 1 is 1.08 bits per heavy atom. The molecule has 1 aromatic heterocycles. The number of hydrogen-bond acceptors (Lipinski definition) is 2. The van der Waals surface area contributed by atoms with Crippen LogP contribution in [0.2, 0.25) is 5.02 Å². The van der Waals surface area contributed by atoms with Crippen LogP contribution in [-0.4, -0.2) is 15.8 Å². The predicted molar refractivity (Wildman–Crippen MR) is 102 cm³/mol. The van der Waals surface area contributed by atoms with E-state index in [0.29, 0.717) is 11.4 Å². The minimum Gasteiger partial charge on any atom is -0.348 e. The Kier molecular flexibility index (Phi) is 5.46. The summed E-state index contributed by atoms with van der Waals surface area (Å²) in [6.45, 7) is 1.96. The lowest BCUT2D eigenvalue weighted by Crippen LogP contribution is -1.99. The van der Waals surface area contributed by atoms with E-state index < -0.39 is 0 Å². The summed E-state index contributed by atoms with van der Waals surface area (Å²) in [5.41, 5.74) is 5.27. The van der Waals surface area contributed by atoms with Gasteiger partial charge in [-0.3, -0.25) is 4.79 Å². The lowest BCUT2D eigenvalue weighted by molar-refractivity contribution is -0.113. The lowest BCUT2D eigenvalue weighted by Gasteiger charge is -2.05. The summed E-state index contributed by atoms with van der Waals surface area (Å²) in [5, 5.41) is 0.679. The summed E-state index contributed by atoms with van der Waals surface area (Å²) < 4.78 is 0. The van der Waals surface area contributed by atoms with E-state index in [4.69, 9.17) is 11.6 Å². The highest BCUT2D eigenvalue weighted by atomic mass is 35.5. The molecule has 126 valence electrons. The summed E-state index contributed by atoms with van der Waals surface area (Å²) in [5.74, 6) is 0.0846. The summed E-state index contributed by atoms with van der Waals surface area (Å²) in [6.07, 6.45) is 6.42. The molecule has 1 N–H and O–H groups in total. The molecule has 0 aliphatic rings. The van der Waals surface area contributed by atoms with Crippen LogP contribution in [-0.2, 0) is 17.6 Å². The Hall–Kier alpha value is -2.65. The average Bonchev–Trinajstić information content (AvgIpc) is 3.10. The molecule has 3 nitrogen and oxygen atoms in total. The van der Waals surface area contributed by atoms with Crippen molar-refractivity contribution in [3.63, 3.8) is 0 Å². The maximum atomic E-state index is 12.2. The third-order valence-electron chi connectivity index (χ3n) is 4.03. The smallest absolute Gasteiger partial charge is 0.160 e. The largest absolute Gasteiger partial charge is 0.348 e. The van der Waals surface area contributed by atoms with E-state index in [2.05, 4.69) is 22.1 Å². The van der Waals surface area contributed by atoms with Gasteiger partial charge in [-0.2, -0.15) is 0 Å². The summed E-state index contributed by atoms with van der Waals surface area (Å²) in [6, 6.07) is 15.6. The number of imidazole rings is 1. The quantitative estimate of drug-likeness (QED) is 0.645. The monoisotopic (exact) mass is 350 g/mol. The molecule has 0 saturated carbocycles. The molecule has 0 unspecified atom stereocenters. The van der Waals surface area contributed by atoms with Crippen LogP contribution in [0.3, 0.4) is 0 Å². The Morgan fingerprint density at radius 3 is 2.40 bits per heavy atom. The van der Waals surface area contributed by atoms with Gasteiger partial charge in [0.05, 0.1) is 6.33 Å². The summed E-state index contributed by atoms with van der Waals surface area (Å²) >= 11 is 5.87. The van der Waals surface area contributed by atoms with Crippen LogP contribution in [0.25, 0.3) is 5.57 Å². The van der Waals surface area contributed by atoms with E-state index in [1.807, 2.05) is 37.4 Å². The fourth-order valence-corrected chi connectivity index (χ4v) is 2.79. The molecule has 0 atom stereocenters. The number of aromatic amines is 1. The molecule has 4 heteroatoms. The van der Waals surface area contributed by atoms with E-state index in [9.17, 15) is 4.79 Å². The van der Waals surface area contributed by atoms with Crippen molar-refractivity contribution in [3.05, 3.63) is 94.5 Å². The minimum atomic E-state index is 0.0846. The molecule has 0 saturated heterocycles. The molecule has 0 aliphatic carbocycles. The van der Waals surface area contributed by atoms with E-state index in [1.54, 1.807) is 24.5 Å². The van der Waals surface area contributed by atoms with Crippen molar-refractivity contribution in [1.82, 2.24) is 9.97 Å². The molecule has 0 aliphatic heterocycles. The Bertz CT molecular complexity index is 863. The first kappa shape index (κ1) is 17.2. The molecular weight excluding hydrogens is 332 g/mol. The molecule has 0 bridgehead atoms. The highest BCUT2D eigenvalue weighted by Crippen LogP contribution is 2.17. The van der Waals surface area contributed by atoms with Crippen LogP contribution in [0.5, 0.6) is 0 Å². The first-order valence-corrected chi connectivity index (χ1v) is 8.50. The molecule has 0 amide bonds. The normalized spacial score (nSPS) is 11.5. The number of aromatic nitrogens is 2. The van der Waals surface area contributed by atoms with Gasteiger partial charge in [0, 0.05) is 29.8 Å². The molecule has 25 heavy (non-hydrogen) atoms. The molecule has 0 spiro atoms. The van der Waals surface area contributed by atoms with E-state index in [0.717, 1.165) is 28.8 Å². The van der Waals surface area contributed by atoms with Crippen molar-refractivity contribution < 1.29 is 4.79 Å². The number of hydrogen-bond donors (Lipinski definition) is 1.